The van der Waals surface area contributed by atoms with E-state index in [1.54, 1.807) is 36.4 Å². The van der Waals surface area contributed by atoms with Crippen molar-refractivity contribution in [3.63, 3.8) is 0 Å². The van der Waals surface area contributed by atoms with Gasteiger partial charge in [-0.2, -0.15) is 13.2 Å². The summed E-state index contributed by atoms with van der Waals surface area (Å²) >= 11 is 0. The van der Waals surface area contributed by atoms with Crippen LogP contribution >= 0.6 is 0 Å². The number of hydrogen-bond acceptors (Lipinski definition) is 5. The number of nitrogens with zero attached hydrogens (tertiary/aromatic N) is 3. The SMILES string of the molecule is O=C(O)CCN1CC(c2ccc(-c3nnc(-c4ccc(-c5ccccc5)c(C(F)(F)F)c4)o3)cc2)C1. The van der Waals surface area contributed by atoms with Crippen LogP contribution in [0.25, 0.3) is 34.0 Å². The molecule has 2 heterocycles. The Morgan fingerprint density at radius 2 is 1.56 bits per heavy atom. The number of rotatable bonds is 7. The van der Waals surface area contributed by atoms with Gasteiger partial charge in [-0.25, -0.2) is 0 Å². The van der Waals surface area contributed by atoms with Crippen molar-refractivity contribution in [2.75, 3.05) is 19.6 Å². The van der Waals surface area contributed by atoms with E-state index in [1.807, 2.05) is 24.3 Å². The number of aliphatic carboxylic acids is 1. The Balaban J connectivity index is 1.33. The van der Waals surface area contributed by atoms with Crippen LogP contribution in [0.15, 0.2) is 77.2 Å². The standard InChI is InChI=1S/C27H22F3N3O3/c28-27(29,30)23-14-20(10-11-22(23)18-4-2-1-3-5-18)26-32-31-25(36-26)19-8-6-17(7-9-19)21-15-33(16-21)13-12-24(34)35/h1-11,14,21H,12-13,15-16H2,(H,34,35). The van der Waals surface area contributed by atoms with Gasteiger partial charge in [0.15, 0.2) is 0 Å². The van der Waals surface area contributed by atoms with Gasteiger partial charge in [-0.1, -0.05) is 48.5 Å². The van der Waals surface area contributed by atoms with Gasteiger partial charge in [0.1, 0.15) is 0 Å². The minimum atomic E-state index is -4.55. The van der Waals surface area contributed by atoms with Crippen LogP contribution in [0.2, 0.25) is 0 Å². The average Bonchev–Trinajstić information content (AvgIpc) is 3.33. The van der Waals surface area contributed by atoms with Crippen molar-refractivity contribution in [1.82, 2.24) is 15.1 Å². The van der Waals surface area contributed by atoms with Gasteiger partial charge < -0.3 is 14.4 Å². The number of carbonyl (C=O) groups is 1. The number of hydrogen-bond donors (Lipinski definition) is 1. The molecule has 1 fully saturated rings. The van der Waals surface area contributed by atoms with Crippen LogP contribution in [0.4, 0.5) is 13.2 Å². The third kappa shape index (κ3) is 5.01. The summed E-state index contributed by atoms with van der Waals surface area (Å²) in [5.41, 5.74) is 1.76. The molecule has 0 amide bonds. The molecule has 0 aliphatic carbocycles. The zero-order chi connectivity index (χ0) is 25.3. The van der Waals surface area contributed by atoms with E-state index in [4.69, 9.17) is 9.52 Å². The largest absolute Gasteiger partial charge is 0.481 e. The summed E-state index contributed by atoms with van der Waals surface area (Å²) in [6.45, 7) is 2.15. The highest BCUT2D eigenvalue weighted by Gasteiger charge is 2.34. The van der Waals surface area contributed by atoms with Gasteiger partial charge in [-0.05, 0) is 41.0 Å². The lowest BCUT2D eigenvalue weighted by Crippen LogP contribution is -2.45. The molecule has 5 rings (SSSR count). The molecule has 1 aliphatic heterocycles. The molecule has 3 aromatic carbocycles. The van der Waals surface area contributed by atoms with Gasteiger partial charge in [-0.3, -0.25) is 4.79 Å². The Kier molecular flexibility index (Phi) is 6.32. The first-order valence-electron chi connectivity index (χ1n) is 11.4. The van der Waals surface area contributed by atoms with E-state index in [0.717, 1.165) is 24.7 Å². The highest BCUT2D eigenvalue weighted by atomic mass is 19.4. The molecule has 0 radical (unpaired) electrons. The number of benzene rings is 3. The van der Waals surface area contributed by atoms with Crippen molar-refractivity contribution in [3.8, 4) is 34.0 Å². The molecule has 6 nitrogen and oxygen atoms in total. The van der Waals surface area contributed by atoms with Gasteiger partial charge in [-0.15, -0.1) is 10.2 Å². The predicted molar refractivity (Wildman–Crippen MR) is 127 cm³/mol. The third-order valence-corrected chi connectivity index (χ3v) is 6.31. The Morgan fingerprint density at radius 1 is 0.917 bits per heavy atom. The number of halogens is 3. The minimum Gasteiger partial charge on any atom is -0.481 e. The first kappa shape index (κ1) is 23.7. The molecule has 1 N–H and O–H groups in total. The smallest absolute Gasteiger partial charge is 0.417 e. The van der Waals surface area contributed by atoms with Crippen LogP contribution in [0.5, 0.6) is 0 Å². The third-order valence-electron chi connectivity index (χ3n) is 6.31. The van der Waals surface area contributed by atoms with E-state index in [1.165, 1.54) is 6.07 Å². The summed E-state index contributed by atoms with van der Waals surface area (Å²) in [5.74, 6) is -0.250. The Labute approximate surface area is 205 Å². The number of carboxylic acid groups (broad SMARTS) is 1. The summed E-state index contributed by atoms with van der Waals surface area (Å²) in [4.78, 5) is 12.8. The lowest BCUT2D eigenvalue weighted by molar-refractivity contribution is -0.138. The second kappa shape index (κ2) is 9.58. The Morgan fingerprint density at radius 3 is 2.19 bits per heavy atom. The summed E-state index contributed by atoms with van der Waals surface area (Å²) in [6, 6.07) is 20.0. The molecule has 0 atom stereocenters. The van der Waals surface area contributed by atoms with Gasteiger partial charge in [0.05, 0.1) is 12.0 Å². The molecule has 0 saturated carbocycles. The molecule has 4 aromatic rings. The first-order valence-corrected chi connectivity index (χ1v) is 11.4. The zero-order valence-electron chi connectivity index (χ0n) is 19.1. The molecular formula is C27H22F3N3O3. The fourth-order valence-electron chi connectivity index (χ4n) is 4.35. The average molecular weight is 493 g/mol. The van der Waals surface area contributed by atoms with Gasteiger partial charge in [0.2, 0.25) is 11.8 Å². The van der Waals surface area contributed by atoms with Crippen LogP contribution in [0, 0.1) is 0 Å². The van der Waals surface area contributed by atoms with E-state index in [9.17, 15) is 18.0 Å². The van der Waals surface area contributed by atoms with E-state index < -0.39 is 17.7 Å². The number of aromatic nitrogens is 2. The lowest BCUT2D eigenvalue weighted by atomic mass is 9.91. The molecule has 1 aliphatic rings. The van der Waals surface area contributed by atoms with Crippen molar-refractivity contribution in [3.05, 3.63) is 83.9 Å². The second-order valence-corrected chi connectivity index (χ2v) is 8.76. The molecule has 184 valence electrons. The zero-order valence-corrected chi connectivity index (χ0v) is 19.1. The number of carboxylic acids is 1. The molecule has 0 unspecified atom stereocenters. The van der Waals surface area contributed by atoms with E-state index in [0.29, 0.717) is 23.6 Å². The van der Waals surface area contributed by atoms with Crippen LogP contribution in [0.3, 0.4) is 0 Å². The molecule has 1 saturated heterocycles. The summed E-state index contributed by atoms with van der Waals surface area (Å²) in [7, 11) is 0. The van der Waals surface area contributed by atoms with Crippen molar-refractivity contribution < 1.29 is 27.5 Å². The molecule has 9 heteroatoms. The lowest BCUT2D eigenvalue weighted by Gasteiger charge is -2.39. The fourth-order valence-corrected chi connectivity index (χ4v) is 4.35. The normalized spacial score (nSPS) is 14.5. The number of likely N-dealkylation sites (tertiary alicyclic amines) is 1. The topological polar surface area (TPSA) is 79.5 Å². The van der Waals surface area contributed by atoms with Gasteiger partial charge in [0, 0.05) is 36.7 Å². The molecule has 0 spiro atoms. The maximum absolute atomic E-state index is 13.8. The van der Waals surface area contributed by atoms with E-state index in [2.05, 4.69) is 15.1 Å². The molecular weight excluding hydrogens is 471 g/mol. The highest BCUT2D eigenvalue weighted by Crippen LogP contribution is 2.39. The Hall–Kier alpha value is -3.98. The van der Waals surface area contributed by atoms with Crippen molar-refractivity contribution in [1.29, 1.82) is 0 Å². The highest BCUT2D eigenvalue weighted by molar-refractivity contribution is 5.72. The van der Waals surface area contributed by atoms with Crippen molar-refractivity contribution in [2.45, 2.75) is 18.5 Å². The molecule has 1 aromatic heterocycles. The minimum absolute atomic E-state index is 0.00672. The quantitative estimate of drug-likeness (QED) is 0.342. The van der Waals surface area contributed by atoms with Crippen LogP contribution < -0.4 is 0 Å². The van der Waals surface area contributed by atoms with Gasteiger partial charge >= 0.3 is 12.1 Å². The Bertz CT molecular complexity index is 1360. The monoisotopic (exact) mass is 493 g/mol. The van der Waals surface area contributed by atoms with Crippen LogP contribution in [0.1, 0.15) is 23.5 Å². The second-order valence-electron chi connectivity index (χ2n) is 8.76. The maximum Gasteiger partial charge on any atom is 0.417 e. The van der Waals surface area contributed by atoms with Gasteiger partial charge in [0.25, 0.3) is 0 Å². The predicted octanol–water partition coefficient (Wildman–Crippen LogP) is 5.96. The first-order chi connectivity index (χ1) is 17.3. The van der Waals surface area contributed by atoms with Crippen LogP contribution in [-0.2, 0) is 11.0 Å². The van der Waals surface area contributed by atoms with Crippen LogP contribution in [-0.4, -0.2) is 45.8 Å². The maximum atomic E-state index is 13.8. The molecule has 36 heavy (non-hydrogen) atoms. The van der Waals surface area contributed by atoms with Crippen molar-refractivity contribution >= 4 is 5.97 Å². The summed E-state index contributed by atoms with van der Waals surface area (Å²) in [6.07, 6.45) is -4.42. The summed E-state index contributed by atoms with van der Waals surface area (Å²) < 4.78 is 47.3. The van der Waals surface area contributed by atoms with E-state index >= 15 is 0 Å². The molecule has 0 bridgehead atoms. The fraction of sp³-hybridized carbons (Fsp3) is 0.222. The number of alkyl halides is 3. The summed E-state index contributed by atoms with van der Waals surface area (Å²) in [5, 5.41) is 16.8. The van der Waals surface area contributed by atoms with Crippen molar-refractivity contribution in [2.24, 2.45) is 0 Å². The van der Waals surface area contributed by atoms with E-state index in [-0.39, 0.29) is 29.3 Å².